The number of carbonyl (C=O) groups excluding carboxylic acids is 1. The zero-order valence-electron chi connectivity index (χ0n) is 9.55. The minimum absolute atomic E-state index is 0.142. The molecule has 1 rings (SSSR count). The van der Waals surface area contributed by atoms with Gasteiger partial charge in [0.25, 0.3) is 0 Å². The van der Waals surface area contributed by atoms with Crippen molar-refractivity contribution in [2.45, 2.75) is 38.1 Å². The van der Waals surface area contributed by atoms with Gasteiger partial charge in [0, 0.05) is 12.6 Å². The molecule has 0 aromatic heterocycles. The molecule has 0 atom stereocenters. The van der Waals surface area contributed by atoms with Gasteiger partial charge in [-0.25, -0.2) is 0 Å². The fourth-order valence-electron chi connectivity index (χ4n) is 1.87. The van der Waals surface area contributed by atoms with Gasteiger partial charge >= 0.3 is 0 Å². The fourth-order valence-corrected chi connectivity index (χ4v) is 2.31. The first-order valence-corrected chi connectivity index (χ1v) is 7.21. The quantitative estimate of drug-likeness (QED) is 0.649. The number of rotatable bonds is 7. The molecule has 1 aliphatic rings. The third-order valence-corrected chi connectivity index (χ3v) is 3.45. The summed E-state index contributed by atoms with van der Waals surface area (Å²) in [5.41, 5.74) is 0. The Morgan fingerprint density at radius 3 is 2.80 bits per heavy atom. The van der Waals surface area contributed by atoms with Crippen LogP contribution in [-0.4, -0.2) is 37.0 Å². The average molecular weight is 230 g/mol. The van der Waals surface area contributed by atoms with Crippen molar-refractivity contribution in [3.05, 3.63) is 0 Å². The van der Waals surface area contributed by atoms with E-state index in [1.54, 1.807) is 0 Å². The van der Waals surface area contributed by atoms with Crippen LogP contribution in [0.4, 0.5) is 0 Å². The van der Waals surface area contributed by atoms with Gasteiger partial charge in [0.15, 0.2) is 0 Å². The topological polar surface area (TPSA) is 41.1 Å². The summed E-state index contributed by atoms with van der Waals surface area (Å²) in [6.45, 7) is 1.30. The molecule has 1 amide bonds. The Hall–Kier alpha value is -0.220. The molecule has 0 unspecified atom stereocenters. The molecule has 0 aliphatic heterocycles. The number of hydrogen-bond acceptors (Lipinski definition) is 3. The molecule has 0 spiro atoms. The van der Waals surface area contributed by atoms with Gasteiger partial charge in [-0.05, 0) is 31.3 Å². The van der Waals surface area contributed by atoms with E-state index in [2.05, 4.69) is 16.9 Å². The van der Waals surface area contributed by atoms with E-state index < -0.39 is 0 Å². The van der Waals surface area contributed by atoms with E-state index in [1.807, 2.05) is 11.8 Å². The van der Waals surface area contributed by atoms with Crippen LogP contribution in [0.5, 0.6) is 0 Å². The number of nitrogens with one attached hydrogen (secondary N) is 2. The Morgan fingerprint density at radius 2 is 2.13 bits per heavy atom. The minimum Gasteiger partial charge on any atom is -0.355 e. The maximum atomic E-state index is 11.4. The van der Waals surface area contributed by atoms with Gasteiger partial charge in [-0.3, -0.25) is 4.79 Å². The maximum absolute atomic E-state index is 11.4. The molecule has 0 saturated heterocycles. The van der Waals surface area contributed by atoms with Gasteiger partial charge < -0.3 is 10.6 Å². The van der Waals surface area contributed by atoms with Crippen LogP contribution in [-0.2, 0) is 4.79 Å². The van der Waals surface area contributed by atoms with Crippen molar-refractivity contribution in [1.29, 1.82) is 0 Å². The Labute approximate surface area is 96.8 Å². The van der Waals surface area contributed by atoms with E-state index in [4.69, 9.17) is 0 Å². The highest BCUT2D eigenvalue weighted by atomic mass is 32.2. The number of carbonyl (C=O) groups is 1. The van der Waals surface area contributed by atoms with Crippen LogP contribution in [0.3, 0.4) is 0 Å². The summed E-state index contributed by atoms with van der Waals surface area (Å²) in [4.78, 5) is 11.4. The predicted octanol–water partition coefficient (Wildman–Crippen LogP) is 1.39. The van der Waals surface area contributed by atoms with E-state index in [0.717, 1.165) is 18.7 Å². The van der Waals surface area contributed by atoms with Gasteiger partial charge in [-0.2, -0.15) is 11.8 Å². The summed E-state index contributed by atoms with van der Waals surface area (Å²) in [6.07, 6.45) is 8.25. The van der Waals surface area contributed by atoms with E-state index in [1.165, 1.54) is 25.7 Å². The second-order valence-electron chi connectivity index (χ2n) is 4.06. The van der Waals surface area contributed by atoms with Crippen LogP contribution in [0.15, 0.2) is 0 Å². The van der Waals surface area contributed by atoms with Gasteiger partial charge in [-0.1, -0.05) is 12.8 Å². The molecule has 0 bridgehead atoms. The van der Waals surface area contributed by atoms with Crippen molar-refractivity contribution >= 4 is 17.7 Å². The van der Waals surface area contributed by atoms with Crippen LogP contribution < -0.4 is 10.6 Å². The smallest absolute Gasteiger partial charge is 0.233 e. The number of amides is 1. The molecular formula is C11H22N2OS. The molecule has 1 aliphatic carbocycles. The van der Waals surface area contributed by atoms with Crippen LogP contribution in [0.25, 0.3) is 0 Å². The lowest BCUT2D eigenvalue weighted by Gasteiger charge is -2.11. The van der Waals surface area contributed by atoms with Crippen molar-refractivity contribution in [2.75, 3.05) is 25.1 Å². The zero-order valence-corrected chi connectivity index (χ0v) is 10.4. The van der Waals surface area contributed by atoms with E-state index >= 15 is 0 Å². The lowest BCUT2D eigenvalue weighted by molar-refractivity contribution is -0.120. The Kier molecular flexibility index (Phi) is 6.85. The van der Waals surface area contributed by atoms with Gasteiger partial charge in [0.1, 0.15) is 0 Å². The highest BCUT2D eigenvalue weighted by Crippen LogP contribution is 2.17. The summed E-state index contributed by atoms with van der Waals surface area (Å²) in [5.74, 6) is 1.26. The Morgan fingerprint density at radius 1 is 1.40 bits per heavy atom. The minimum atomic E-state index is 0.142. The first-order valence-electron chi connectivity index (χ1n) is 5.82. The van der Waals surface area contributed by atoms with Crippen molar-refractivity contribution < 1.29 is 4.79 Å². The Bertz CT molecular complexity index is 181. The predicted molar refractivity (Wildman–Crippen MR) is 66.3 cm³/mol. The Balaban J connectivity index is 1.93. The summed E-state index contributed by atoms with van der Waals surface area (Å²) < 4.78 is 0. The average Bonchev–Trinajstić information content (AvgIpc) is 2.74. The van der Waals surface area contributed by atoms with Crippen molar-refractivity contribution in [2.24, 2.45) is 0 Å². The van der Waals surface area contributed by atoms with Gasteiger partial charge in [0.2, 0.25) is 5.91 Å². The second-order valence-corrected chi connectivity index (χ2v) is 5.04. The molecule has 4 heteroatoms. The van der Waals surface area contributed by atoms with Gasteiger partial charge in [0.05, 0.1) is 6.54 Å². The molecule has 88 valence electrons. The first-order chi connectivity index (χ1) is 7.33. The van der Waals surface area contributed by atoms with Crippen LogP contribution >= 0.6 is 11.8 Å². The molecule has 2 N–H and O–H groups in total. The molecule has 0 aromatic rings. The SMILES string of the molecule is CSCCCNC(=O)CNC1CCCC1. The van der Waals surface area contributed by atoms with Crippen LogP contribution in [0.1, 0.15) is 32.1 Å². The van der Waals surface area contributed by atoms with Crippen molar-refractivity contribution in [1.82, 2.24) is 10.6 Å². The summed E-state index contributed by atoms with van der Waals surface area (Å²) >= 11 is 1.82. The highest BCUT2D eigenvalue weighted by molar-refractivity contribution is 7.98. The molecular weight excluding hydrogens is 208 g/mol. The number of thioether (sulfide) groups is 1. The largest absolute Gasteiger partial charge is 0.355 e. The molecule has 0 radical (unpaired) electrons. The lowest BCUT2D eigenvalue weighted by atomic mass is 10.2. The fraction of sp³-hybridized carbons (Fsp3) is 0.909. The molecule has 1 saturated carbocycles. The monoisotopic (exact) mass is 230 g/mol. The zero-order chi connectivity index (χ0) is 10.9. The van der Waals surface area contributed by atoms with Crippen LogP contribution in [0, 0.1) is 0 Å². The maximum Gasteiger partial charge on any atom is 0.233 e. The standard InChI is InChI=1S/C11H22N2OS/c1-15-8-4-7-12-11(14)9-13-10-5-2-3-6-10/h10,13H,2-9H2,1H3,(H,12,14). The molecule has 3 nitrogen and oxygen atoms in total. The van der Waals surface area contributed by atoms with E-state index in [-0.39, 0.29) is 5.91 Å². The molecule has 0 heterocycles. The van der Waals surface area contributed by atoms with E-state index in [9.17, 15) is 4.79 Å². The van der Waals surface area contributed by atoms with Gasteiger partial charge in [-0.15, -0.1) is 0 Å². The van der Waals surface area contributed by atoms with E-state index in [0.29, 0.717) is 12.6 Å². The summed E-state index contributed by atoms with van der Waals surface area (Å²) in [5, 5.41) is 6.23. The second kappa shape index (κ2) is 7.99. The number of hydrogen-bond donors (Lipinski definition) is 2. The lowest BCUT2D eigenvalue weighted by Crippen LogP contribution is -2.38. The highest BCUT2D eigenvalue weighted by Gasteiger charge is 2.14. The summed E-state index contributed by atoms with van der Waals surface area (Å²) in [7, 11) is 0. The first kappa shape index (κ1) is 12.8. The molecule has 0 aromatic carbocycles. The molecule has 15 heavy (non-hydrogen) atoms. The molecule has 1 fully saturated rings. The van der Waals surface area contributed by atoms with Crippen molar-refractivity contribution in [3.8, 4) is 0 Å². The third kappa shape index (κ3) is 6.05. The van der Waals surface area contributed by atoms with Crippen molar-refractivity contribution in [3.63, 3.8) is 0 Å². The van der Waals surface area contributed by atoms with Crippen LogP contribution in [0.2, 0.25) is 0 Å². The summed E-state index contributed by atoms with van der Waals surface area (Å²) in [6, 6.07) is 0.585. The normalized spacial score (nSPS) is 16.9. The third-order valence-electron chi connectivity index (χ3n) is 2.75.